The fourth-order valence-corrected chi connectivity index (χ4v) is 2.60. The second-order valence-corrected chi connectivity index (χ2v) is 5.48. The SMILES string of the molecule is COc1cc2ncc(C(N)=O)c(Nc3ccc(F)c(F)c3F)c2cc1OC. The monoisotopic (exact) mass is 377 g/mol. The quantitative estimate of drug-likeness (QED) is 0.665. The summed E-state index contributed by atoms with van der Waals surface area (Å²) in [7, 11) is 2.86. The van der Waals surface area contributed by atoms with Gasteiger partial charge in [-0.2, -0.15) is 0 Å². The number of benzene rings is 2. The van der Waals surface area contributed by atoms with E-state index in [2.05, 4.69) is 10.3 Å². The Morgan fingerprint density at radius 3 is 2.37 bits per heavy atom. The van der Waals surface area contributed by atoms with E-state index in [9.17, 15) is 18.0 Å². The van der Waals surface area contributed by atoms with Crippen molar-refractivity contribution < 1.29 is 27.4 Å². The predicted octanol–water partition coefficient (Wildman–Crippen LogP) is 3.51. The first-order valence-electron chi connectivity index (χ1n) is 7.62. The molecule has 0 saturated carbocycles. The minimum absolute atomic E-state index is 0.0679. The van der Waals surface area contributed by atoms with Crippen LogP contribution in [0.1, 0.15) is 10.4 Å². The highest BCUT2D eigenvalue weighted by molar-refractivity contribution is 6.08. The molecule has 2 aromatic carbocycles. The van der Waals surface area contributed by atoms with Gasteiger partial charge in [0.15, 0.2) is 29.0 Å². The number of nitrogens with two attached hydrogens (primary N) is 1. The second-order valence-electron chi connectivity index (χ2n) is 5.48. The lowest BCUT2D eigenvalue weighted by atomic mass is 10.1. The fraction of sp³-hybridized carbons (Fsp3) is 0.111. The van der Waals surface area contributed by atoms with Gasteiger partial charge >= 0.3 is 0 Å². The van der Waals surface area contributed by atoms with E-state index in [4.69, 9.17) is 15.2 Å². The Balaban J connectivity index is 2.27. The van der Waals surface area contributed by atoms with Crippen molar-refractivity contribution >= 4 is 28.2 Å². The summed E-state index contributed by atoms with van der Waals surface area (Å²) in [5.74, 6) is -4.55. The van der Waals surface area contributed by atoms with E-state index >= 15 is 0 Å². The van der Waals surface area contributed by atoms with Gasteiger partial charge in [-0.05, 0) is 18.2 Å². The fourth-order valence-electron chi connectivity index (χ4n) is 2.60. The number of carbonyl (C=O) groups excluding carboxylic acids is 1. The minimum atomic E-state index is -1.64. The molecule has 3 aromatic rings. The Morgan fingerprint density at radius 1 is 1.07 bits per heavy atom. The molecule has 0 atom stereocenters. The van der Waals surface area contributed by atoms with Gasteiger partial charge in [0.05, 0.1) is 36.7 Å². The number of anilines is 2. The average Bonchev–Trinajstić information content (AvgIpc) is 2.67. The third-order valence-electron chi connectivity index (χ3n) is 3.93. The summed E-state index contributed by atoms with van der Waals surface area (Å²) < 4.78 is 51.3. The Morgan fingerprint density at radius 2 is 1.74 bits per heavy atom. The van der Waals surface area contributed by atoms with E-state index in [0.29, 0.717) is 22.4 Å². The summed E-state index contributed by atoms with van der Waals surface area (Å²) in [6, 6.07) is 4.82. The predicted molar refractivity (Wildman–Crippen MR) is 93.0 cm³/mol. The van der Waals surface area contributed by atoms with Gasteiger partial charge in [-0.25, -0.2) is 13.2 Å². The smallest absolute Gasteiger partial charge is 0.252 e. The van der Waals surface area contributed by atoms with E-state index in [1.807, 2.05) is 0 Å². The van der Waals surface area contributed by atoms with Crippen molar-refractivity contribution in [2.45, 2.75) is 0 Å². The number of halogens is 3. The van der Waals surface area contributed by atoms with Crippen molar-refractivity contribution in [3.8, 4) is 11.5 Å². The maximum absolute atomic E-state index is 14.1. The number of hydrogen-bond donors (Lipinski definition) is 2. The van der Waals surface area contributed by atoms with E-state index < -0.39 is 23.4 Å². The normalized spacial score (nSPS) is 10.7. The summed E-state index contributed by atoms with van der Waals surface area (Å²) in [6.07, 6.45) is 1.19. The number of amides is 1. The van der Waals surface area contributed by atoms with E-state index in [1.54, 1.807) is 6.07 Å². The zero-order chi connectivity index (χ0) is 19.7. The largest absolute Gasteiger partial charge is 0.493 e. The molecule has 1 aromatic heterocycles. The lowest BCUT2D eigenvalue weighted by Gasteiger charge is -2.16. The Kier molecular flexibility index (Phi) is 4.76. The Bertz CT molecular complexity index is 1060. The molecule has 27 heavy (non-hydrogen) atoms. The second kappa shape index (κ2) is 7.02. The van der Waals surface area contributed by atoms with Crippen LogP contribution in [-0.2, 0) is 0 Å². The number of rotatable bonds is 5. The first kappa shape index (κ1) is 18.3. The first-order chi connectivity index (χ1) is 12.9. The van der Waals surface area contributed by atoms with Gasteiger partial charge in [0.2, 0.25) is 0 Å². The number of methoxy groups -OCH3 is 2. The maximum Gasteiger partial charge on any atom is 0.252 e. The number of hydrogen-bond acceptors (Lipinski definition) is 5. The van der Waals surface area contributed by atoms with Gasteiger partial charge in [-0.1, -0.05) is 0 Å². The highest BCUT2D eigenvalue weighted by Gasteiger charge is 2.19. The van der Waals surface area contributed by atoms with Crippen LogP contribution in [0, 0.1) is 17.5 Å². The first-order valence-corrected chi connectivity index (χ1v) is 7.62. The summed E-state index contributed by atoms with van der Waals surface area (Å²) in [5, 5.41) is 2.94. The van der Waals surface area contributed by atoms with Gasteiger partial charge in [0.1, 0.15) is 0 Å². The van der Waals surface area contributed by atoms with E-state index in [-0.39, 0.29) is 16.9 Å². The molecule has 0 radical (unpaired) electrons. The van der Waals surface area contributed by atoms with Crippen LogP contribution >= 0.6 is 0 Å². The molecule has 0 saturated heterocycles. The number of fused-ring (bicyclic) bond motifs is 1. The molecular formula is C18H14F3N3O3. The van der Waals surface area contributed by atoms with Crippen LogP contribution < -0.4 is 20.5 Å². The lowest BCUT2D eigenvalue weighted by Crippen LogP contribution is -2.14. The molecule has 0 unspecified atom stereocenters. The number of nitrogens with one attached hydrogen (secondary N) is 1. The van der Waals surface area contributed by atoms with Crippen LogP contribution in [0.5, 0.6) is 11.5 Å². The highest BCUT2D eigenvalue weighted by atomic mass is 19.2. The Labute approximate surface area is 151 Å². The molecular weight excluding hydrogens is 363 g/mol. The van der Waals surface area contributed by atoms with E-state index in [1.165, 1.54) is 26.5 Å². The van der Waals surface area contributed by atoms with Gasteiger partial charge in [0.25, 0.3) is 5.91 Å². The summed E-state index contributed by atoms with van der Waals surface area (Å²) >= 11 is 0. The van der Waals surface area contributed by atoms with Gasteiger partial charge in [-0.3, -0.25) is 9.78 Å². The van der Waals surface area contributed by atoms with Crippen LogP contribution in [0.2, 0.25) is 0 Å². The Hall–Kier alpha value is -3.49. The van der Waals surface area contributed by atoms with Crippen molar-refractivity contribution in [3.05, 3.63) is 53.5 Å². The molecule has 6 nitrogen and oxygen atoms in total. The zero-order valence-electron chi connectivity index (χ0n) is 14.3. The van der Waals surface area contributed by atoms with Crippen LogP contribution in [-0.4, -0.2) is 25.1 Å². The summed E-state index contributed by atoms with van der Waals surface area (Å²) in [4.78, 5) is 15.9. The van der Waals surface area contributed by atoms with Crippen LogP contribution in [0.15, 0.2) is 30.5 Å². The summed E-state index contributed by atoms with van der Waals surface area (Å²) in [6.45, 7) is 0. The molecule has 3 N–H and O–H groups in total. The summed E-state index contributed by atoms with van der Waals surface area (Å²) in [5.41, 5.74) is 5.37. The molecule has 0 spiro atoms. The minimum Gasteiger partial charge on any atom is -0.493 e. The van der Waals surface area contributed by atoms with Crippen molar-refractivity contribution in [2.24, 2.45) is 5.73 Å². The van der Waals surface area contributed by atoms with Crippen LogP contribution in [0.4, 0.5) is 24.5 Å². The van der Waals surface area contributed by atoms with Gasteiger partial charge < -0.3 is 20.5 Å². The lowest BCUT2D eigenvalue weighted by molar-refractivity contribution is 0.100. The van der Waals surface area contributed by atoms with Crippen molar-refractivity contribution in [1.82, 2.24) is 4.98 Å². The highest BCUT2D eigenvalue weighted by Crippen LogP contribution is 2.37. The number of primary amides is 1. The van der Waals surface area contributed by atoms with Crippen LogP contribution in [0.3, 0.4) is 0 Å². The molecule has 0 aliphatic heterocycles. The zero-order valence-corrected chi connectivity index (χ0v) is 14.3. The molecule has 1 amide bonds. The molecule has 0 aliphatic rings. The molecule has 3 rings (SSSR count). The molecule has 1 heterocycles. The number of carbonyl (C=O) groups is 1. The number of ether oxygens (including phenoxy) is 2. The molecule has 140 valence electrons. The maximum atomic E-state index is 14.1. The molecule has 9 heteroatoms. The van der Waals surface area contributed by atoms with Gasteiger partial charge in [-0.15, -0.1) is 0 Å². The average molecular weight is 377 g/mol. The number of nitrogens with zero attached hydrogens (tertiary/aromatic N) is 1. The van der Waals surface area contributed by atoms with E-state index in [0.717, 1.165) is 12.1 Å². The number of aromatic nitrogens is 1. The van der Waals surface area contributed by atoms with Crippen molar-refractivity contribution in [3.63, 3.8) is 0 Å². The molecule has 0 bridgehead atoms. The van der Waals surface area contributed by atoms with Gasteiger partial charge in [0, 0.05) is 17.6 Å². The van der Waals surface area contributed by atoms with Crippen LogP contribution in [0.25, 0.3) is 10.9 Å². The third-order valence-corrected chi connectivity index (χ3v) is 3.93. The number of pyridine rings is 1. The standard InChI is InChI=1S/C18H14F3N3O3/c1-26-13-5-8-12(6-14(13)27-2)23-7-9(18(22)25)17(8)24-11-4-3-10(19)15(20)16(11)21/h3-7H,1-2H3,(H2,22,25)(H,23,24). The third kappa shape index (κ3) is 3.19. The van der Waals surface area contributed by atoms with Crippen molar-refractivity contribution in [1.29, 1.82) is 0 Å². The topological polar surface area (TPSA) is 86.5 Å². The molecule has 0 aliphatic carbocycles. The molecule has 0 fully saturated rings. The van der Waals surface area contributed by atoms with Crippen molar-refractivity contribution in [2.75, 3.05) is 19.5 Å².